The molecule has 0 saturated carbocycles. The summed E-state index contributed by atoms with van der Waals surface area (Å²) in [6.45, 7) is 0. The van der Waals surface area contributed by atoms with Crippen LogP contribution < -0.4 is 36.3 Å². The van der Waals surface area contributed by atoms with Crippen LogP contribution in [0.4, 0.5) is 8.78 Å². The Balaban J connectivity index is 0.000000158. The van der Waals surface area contributed by atoms with Crippen LogP contribution >= 0.6 is 50.2 Å². The Morgan fingerprint density at radius 2 is 0.424 bits per heavy atom. The summed E-state index contributed by atoms with van der Waals surface area (Å²) in [6, 6.07) is 125. The molecule has 8 heteroatoms. The molecule has 446 valence electrons. The van der Waals surface area contributed by atoms with Gasteiger partial charge in [-0.3, -0.25) is 0 Å². The molecule has 14 aromatic rings. The lowest BCUT2D eigenvalue weighted by Gasteiger charge is -2.35. The molecule has 0 heterocycles. The van der Waals surface area contributed by atoms with Crippen molar-refractivity contribution in [2.24, 2.45) is 0 Å². The van der Waals surface area contributed by atoms with E-state index in [1.165, 1.54) is 61.1 Å². The molecular formula is C84H60BrCl3F2Si2. The minimum Gasteiger partial charge on any atom is -0.205 e. The lowest BCUT2D eigenvalue weighted by atomic mass is 10.1. The maximum Gasteiger partial charge on any atom is 0.247 e. The highest BCUT2D eigenvalue weighted by atomic mass is 79.9. The van der Waals surface area contributed by atoms with Crippen molar-refractivity contribution in [1.29, 1.82) is 0 Å². The molecule has 0 spiro atoms. The van der Waals surface area contributed by atoms with Gasteiger partial charge in [0.2, 0.25) is 7.38 Å². The molecule has 0 aliphatic rings. The minimum atomic E-state index is -3.12. The van der Waals surface area contributed by atoms with Crippen molar-refractivity contribution < 1.29 is 8.78 Å². The zero-order valence-corrected chi connectivity index (χ0v) is 55.8. The summed E-state index contributed by atoms with van der Waals surface area (Å²) >= 11 is 23.3. The minimum absolute atomic E-state index is 0.137. The number of hydrogen-bond acceptors (Lipinski definition) is 0. The lowest BCUT2D eigenvalue weighted by molar-refractivity contribution is 0.627. The average Bonchev–Trinajstić information content (AvgIpc) is 0.789. The van der Waals surface area contributed by atoms with E-state index in [1.807, 2.05) is 42.5 Å². The van der Waals surface area contributed by atoms with Crippen molar-refractivity contribution in [3.63, 3.8) is 0 Å². The Labute approximate surface area is 563 Å². The second-order valence-corrected chi connectivity index (χ2v) is 32.3. The van der Waals surface area contributed by atoms with Crippen LogP contribution in [-0.4, -0.2) is 15.5 Å². The third-order valence-corrected chi connectivity index (χ3v) is 28.7. The Hall–Kier alpha value is -9.28. The van der Waals surface area contributed by atoms with Crippen LogP contribution in [0.15, 0.2) is 368 Å². The molecule has 0 radical (unpaired) electrons. The Morgan fingerprint density at radius 1 is 0.217 bits per heavy atom. The Bertz CT molecular complexity index is 4250. The van der Waals surface area contributed by atoms with E-state index in [9.17, 15) is 4.39 Å². The highest BCUT2D eigenvalue weighted by Crippen LogP contribution is 2.29. The maximum absolute atomic E-state index is 15.4. The van der Waals surface area contributed by atoms with Crippen LogP contribution in [0.3, 0.4) is 0 Å². The van der Waals surface area contributed by atoms with E-state index >= 15 is 4.39 Å². The monoisotopic (exact) mass is 1350 g/mol. The largest absolute Gasteiger partial charge is 0.247 e. The summed E-state index contributed by atoms with van der Waals surface area (Å²) in [6.07, 6.45) is 0. The van der Waals surface area contributed by atoms with E-state index in [4.69, 9.17) is 34.3 Å². The van der Waals surface area contributed by atoms with Gasteiger partial charge in [0.15, 0.2) is 8.07 Å². The molecule has 0 nitrogen and oxygen atoms in total. The molecular weight excluding hydrogens is 1290 g/mol. The Kier molecular flexibility index (Phi) is 20.1. The van der Waals surface area contributed by atoms with Gasteiger partial charge in [-0.1, -0.05) is 369 Å². The van der Waals surface area contributed by atoms with Crippen LogP contribution in [0.1, 0.15) is 0 Å². The highest BCUT2D eigenvalue weighted by molar-refractivity contribution is 9.10. The normalized spacial score (nSPS) is 11.2. The van der Waals surface area contributed by atoms with E-state index in [1.54, 1.807) is 18.2 Å². The van der Waals surface area contributed by atoms with Crippen molar-refractivity contribution in [3.05, 3.63) is 390 Å². The smallest absolute Gasteiger partial charge is 0.205 e. The fraction of sp³-hybridized carbons (Fsp3) is 0. The molecule has 0 fully saturated rings. The van der Waals surface area contributed by atoms with E-state index in [2.05, 4.69) is 307 Å². The van der Waals surface area contributed by atoms with Crippen molar-refractivity contribution in [1.82, 2.24) is 0 Å². The van der Waals surface area contributed by atoms with Gasteiger partial charge < -0.3 is 0 Å². The molecule has 14 aromatic carbocycles. The van der Waals surface area contributed by atoms with E-state index in [0.717, 1.165) is 54.1 Å². The van der Waals surface area contributed by atoms with Crippen LogP contribution in [0, 0.1) is 11.6 Å². The molecule has 0 saturated heterocycles. The van der Waals surface area contributed by atoms with Crippen molar-refractivity contribution >= 4 is 102 Å². The topological polar surface area (TPSA) is 0 Å². The summed E-state index contributed by atoms with van der Waals surface area (Å²) in [7, 11) is -5.90. The number of halogens is 6. The summed E-state index contributed by atoms with van der Waals surface area (Å²) in [5.74, 6) is -0.806. The number of rotatable bonds is 13. The number of hydrogen-bond donors (Lipinski definition) is 0. The van der Waals surface area contributed by atoms with Gasteiger partial charge in [-0.25, -0.2) is 8.78 Å². The van der Waals surface area contributed by atoms with E-state index < -0.39 is 27.1 Å². The highest BCUT2D eigenvalue weighted by Gasteiger charge is 2.44. The van der Waals surface area contributed by atoms with Crippen molar-refractivity contribution in [2.75, 3.05) is 0 Å². The second kappa shape index (κ2) is 29.3. The third-order valence-electron chi connectivity index (χ3n) is 16.7. The van der Waals surface area contributed by atoms with Gasteiger partial charge in [0.25, 0.3) is 0 Å². The van der Waals surface area contributed by atoms with Crippen LogP contribution in [0.25, 0.3) is 66.8 Å². The molecule has 0 aromatic heterocycles. The standard InChI is InChI=1S/C42H30ClFSi.C36H27ClSi.C6H3BrClF/c43-42-40(44)17-10-18-41(42)45(37-25-19-34(20-26-37)31-11-4-1-5-12-31,38-27-21-35(22-28-38)32-13-6-2-7-14-32)39-29-23-36(24-30-39)33-15-8-3-9-16-33;37-38(34-22-16-31(17-23-34)28-10-4-1-5-11-28,35-24-18-32(19-25-35)29-12-6-2-7-13-29)36-26-20-33(21-27-36)30-14-8-3-9-15-30;7-4-2-1-3-5(9)6(4)8/h1-30H;1-27H;1-3H. The van der Waals surface area contributed by atoms with Gasteiger partial charge in [-0.15, -0.1) is 11.1 Å². The second-order valence-electron chi connectivity index (χ2n) is 22.2. The quantitative estimate of drug-likeness (QED) is 0.0467. The van der Waals surface area contributed by atoms with Gasteiger partial charge in [0, 0.05) is 4.47 Å². The molecule has 0 aliphatic heterocycles. The molecule has 0 N–H and O–H groups in total. The van der Waals surface area contributed by atoms with E-state index in [0.29, 0.717) is 4.47 Å². The molecule has 0 amide bonds. The van der Waals surface area contributed by atoms with Gasteiger partial charge in [-0.2, -0.15) is 0 Å². The van der Waals surface area contributed by atoms with Crippen molar-refractivity contribution in [3.8, 4) is 66.8 Å². The maximum atomic E-state index is 15.4. The predicted octanol–water partition coefficient (Wildman–Crippen LogP) is 20.0. The fourth-order valence-electron chi connectivity index (χ4n) is 11.9. The SMILES string of the molecule is Cl[Si](c1ccc(-c2ccccc2)cc1)(c1ccc(-c2ccccc2)cc1)c1ccc(-c2ccccc2)cc1.Fc1cccc(Br)c1Cl.Fc1cccc([Si](c2ccc(-c3ccccc3)cc2)(c2ccc(-c3ccccc3)cc2)c2ccc(-c3ccccc3)cc2)c1Cl. The molecule has 0 unspecified atom stereocenters. The summed E-state index contributed by atoms with van der Waals surface area (Å²) < 4.78 is 28.4. The van der Waals surface area contributed by atoms with Crippen LogP contribution in [0.5, 0.6) is 0 Å². The van der Waals surface area contributed by atoms with Gasteiger partial charge in [0.05, 0.1) is 10.0 Å². The zero-order valence-electron chi connectivity index (χ0n) is 49.9. The first-order valence-corrected chi connectivity index (χ1v) is 36.8. The lowest BCUT2D eigenvalue weighted by Crippen LogP contribution is -2.75. The van der Waals surface area contributed by atoms with E-state index in [-0.39, 0.29) is 10.0 Å². The first-order chi connectivity index (χ1) is 45.1. The molecule has 0 atom stereocenters. The van der Waals surface area contributed by atoms with Crippen molar-refractivity contribution in [2.45, 2.75) is 0 Å². The first kappa shape index (κ1) is 62.9. The van der Waals surface area contributed by atoms with Gasteiger partial charge >= 0.3 is 0 Å². The summed E-state index contributed by atoms with van der Waals surface area (Å²) in [4.78, 5) is 0. The zero-order chi connectivity index (χ0) is 63.3. The molecule has 0 bridgehead atoms. The fourth-order valence-corrected chi connectivity index (χ4v) is 21.7. The molecule has 0 aliphatic carbocycles. The van der Waals surface area contributed by atoms with Gasteiger partial charge in [-0.05, 0) is 137 Å². The predicted molar refractivity (Wildman–Crippen MR) is 397 cm³/mol. The van der Waals surface area contributed by atoms with Crippen LogP contribution in [-0.2, 0) is 0 Å². The summed E-state index contributed by atoms with van der Waals surface area (Å²) in [5, 5.41) is 8.08. The van der Waals surface area contributed by atoms with Gasteiger partial charge in [0.1, 0.15) is 11.6 Å². The first-order valence-electron chi connectivity index (χ1n) is 30.3. The molecule has 14 rings (SSSR count). The third kappa shape index (κ3) is 13.8. The van der Waals surface area contributed by atoms with Crippen LogP contribution in [0.2, 0.25) is 10.0 Å². The Morgan fingerprint density at radius 3 is 0.652 bits per heavy atom. The molecule has 92 heavy (non-hydrogen) atoms. The summed E-state index contributed by atoms with van der Waals surface area (Å²) in [5.41, 5.74) is 14.1. The average molecular weight is 1350 g/mol. The number of benzene rings is 14.